The van der Waals surface area contributed by atoms with Crippen LogP contribution in [0.15, 0.2) is 72.9 Å². The van der Waals surface area contributed by atoms with E-state index >= 15 is 0 Å². The molecular weight excluding hydrogens is 489 g/mol. The summed E-state index contributed by atoms with van der Waals surface area (Å²) in [5, 5.41) is 2.37. The lowest BCUT2D eigenvalue weighted by Gasteiger charge is -2.43. The molecule has 0 atom stereocenters. The van der Waals surface area contributed by atoms with E-state index < -0.39 is 26.6 Å². The number of nitrogens with zero attached hydrogens (tertiary/aromatic N) is 1. The summed E-state index contributed by atoms with van der Waals surface area (Å²) in [5.74, 6) is 0.633. The van der Waals surface area contributed by atoms with Gasteiger partial charge in [0, 0.05) is 17.7 Å². The van der Waals surface area contributed by atoms with Crippen LogP contribution in [0.2, 0.25) is 5.04 Å². The molecule has 5 nitrogen and oxygen atoms in total. The van der Waals surface area contributed by atoms with Crippen molar-refractivity contribution in [3.05, 3.63) is 78.5 Å². The van der Waals surface area contributed by atoms with E-state index in [2.05, 4.69) is 114 Å². The summed E-state index contributed by atoms with van der Waals surface area (Å²) in [5.41, 5.74) is 0.986. The highest BCUT2D eigenvalue weighted by Crippen LogP contribution is 2.39. The van der Waals surface area contributed by atoms with Gasteiger partial charge < -0.3 is 18.5 Å². The molecule has 1 saturated heterocycles. The van der Waals surface area contributed by atoms with Gasteiger partial charge in [-0.15, -0.1) is 0 Å². The van der Waals surface area contributed by atoms with Crippen LogP contribution in [0.25, 0.3) is 0 Å². The summed E-state index contributed by atoms with van der Waals surface area (Å²) in [6.07, 6.45) is 4.27. The van der Waals surface area contributed by atoms with Crippen LogP contribution in [0.1, 0.15) is 66.9 Å². The van der Waals surface area contributed by atoms with Crippen LogP contribution in [-0.2, 0) is 20.3 Å². The summed E-state index contributed by atoms with van der Waals surface area (Å²) in [6.45, 7) is 15.6. The molecule has 7 heteroatoms. The monoisotopic (exact) mass is 529 g/mol. The zero-order valence-electron chi connectivity index (χ0n) is 23.8. The van der Waals surface area contributed by atoms with Gasteiger partial charge in [0.1, 0.15) is 6.10 Å². The van der Waals surface area contributed by atoms with E-state index in [1.165, 1.54) is 10.4 Å². The molecule has 200 valence electrons. The smallest absolute Gasteiger partial charge is 0.474 e. The predicted molar refractivity (Wildman–Crippen MR) is 156 cm³/mol. The van der Waals surface area contributed by atoms with Crippen LogP contribution >= 0.6 is 0 Å². The number of pyridine rings is 1. The van der Waals surface area contributed by atoms with Crippen LogP contribution in [0.5, 0.6) is 5.88 Å². The SMILES string of the molecule is CC1(C)OB(c2cnc(OC3CC3)cc2CO[Si](c2ccccc2)(c2ccccc2)C(C)(C)C)OC1(C)C. The van der Waals surface area contributed by atoms with Gasteiger partial charge in [-0.25, -0.2) is 4.98 Å². The Morgan fingerprint density at radius 2 is 1.42 bits per heavy atom. The average molecular weight is 530 g/mol. The van der Waals surface area contributed by atoms with Gasteiger partial charge in [0.25, 0.3) is 8.32 Å². The second-order valence-corrected chi connectivity index (χ2v) is 16.9. The van der Waals surface area contributed by atoms with Crippen molar-refractivity contribution in [3.63, 3.8) is 0 Å². The van der Waals surface area contributed by atoms with Gasteiger partial charge in [0.05, 0.1) is 17.8 Å². The first-order valence-electron chi connectivity index (χ1n) is 13.7. The molecule has 5 rings (SSSR count). The summed E-state index contributed by atoms with van der Waals surface area (Å²) >= 11 is 0. The van der Waals surface area contributed by atoms with Crippen molar-refractivity contribution in [3.8, 4) is 5.88 Å². The maximum Gasteiger partial charge on any atom is 0.496 e. The Hall–Kier alpha value is -2.45. The molecule has 0 bridgehead atoms. The molecular formula is C31H40BNO4Si. The minimum atomic E-state index is -2.73. The molecule has 1 saturated carbocycles. The van der Waals surface area contributed by atoms with E-state index in [4.69, 9.17) is 18.5 Å². The quantitative estimate of drug-likeness (QED) is 0.385. The summed E-state index contributed by atoms with van der Waals surface area (Å²) in [7, 11) is -3.26. The van der Waals surface area contributed by atoms with Crippen molar-refractivity contribution < 1.29 is 18.5 Å². The fourth-order valence-corrected chi connectivity index (χ4v) is 9.69. The maximum absolute atomic E-state index is 7.28. The van der Waals surface area contributed by atoms with Crippen molar-refractivity contribution in [2.24, 2.45) is 0 Å². The third kappa shape index (κ3) is 5.09. The summed E-state index contributed by atoms with van der Waals surface area (Å²) in [4.78, 5) is 4.64. The van der Waals surface area contributed by atoms with Gasteiger partial charge in [0.2, 0.25) is 5.88 Å². The zero-order valence-corrected chi connectivity index (χ0v) is 24.8. The normalized spacial score (nSPS) is 19.0. The van der Waals surface area contributed by atoms with E-state index in [1.54, 1.807) is 0 Å². The number of benzene rings is 2. The Kier molecular flexibility index (Phi) is 7.10. The highest BCUT2D eigenvalue weighted by Gasteiger charge is 2.53. The van der Waals surface area contributed by atoms with E-state index in [1.807, 2.05) is 12.3 Å². The van der Waals surface area contributed by atoms with E-state index in [-0.39, 0.29) is 11.1 Å². The third-order valence-corrected chi connectivity index (χ3v) is 13.2. The van der Waals surface area contributed by atoms with Gasteiger partial charge in [-0.3, -0.25) is 0 Å². The number of hydrogen-bond acceptors (Lipinski definition) is 5. The van der Waals surface area contributed by atoms with E-state index in [0.717, 1.165) is 23.9 Å². The van der Waals surface area contributed by atoms with Crippen molar-refractivity contribution in [2.45, 2.75) is 90.3 Å². The topological polar surface area (TPSA) is 49.8 Å². The molecule has 38 heavy (non-hydrogen) atoms. The molecule has 0 amide bonds. The fraction of sp³-hybridized carbons (Fsp3) is 0.452. The molecule has 1 aromatic heterocycles. The van der Waals surface area contributed by atoms with Crippen LogP contribution in [0, 0.1) is 0 Å². The maximum atomic E-state index is 7.28. The molecule has 1 aliphatic heterocycles. The largest absolute Gasteiger partial charge is 0.496 e. The predicted octanol–water partition coefficient (Wildman–Crippen LogP) is 5.00. The number of rotatable bonds is 8. The lowest BCUT2D eigenvalue weighted by atomic mass is 9.77. The molecule has 2 aromatic carbocycles. The summed E-state index contributed by atoms with van der Waals surface area (Å²) in [6, 6.07) is 23.5. The van der Waals surface area contributed by atoms with Gasteiger partial charge >= 0.3 is 7.12 Å². The number of ether oxygens (including phenoxy) is 1. The molecule has 2 aliphatic rings. The molecule has 1 aliphatic carbocycles. The molecule has 2 heterocycles. The van der Waals surface area contributed by atoms with Gasteiger partial charge in [0.15, 0.2) is 0 Å². The van der Waals surface area contributed by atoms with Crippen LogP contribution in [0.4, 0.5) is 0 Å². The molecule has 3 aromatic rings. The minimum absolute atomic E-state index is 0.124. The van der Waals surface area contributed by atoms with Crippen molar-refractivity contribution >= 4 is 31.3 Å². The highest BCUT2D eigenvalue weighted by atomic mass is 28.4. The molecule has 0 spiro atoms. The fourth-order valence-electron chi connectivity index (χ4n) is 5.16. The first-order valence-corrected chi connectivity index (χ1v) is 15.6. The Morgan fingerprint density at radius 3 is 1.89 bits per heavy atom. The molecule has 0 radical (unpaired) electrons. The second-order valence-electron chi connectivity index (χ2n) is 12.6. The minimum Gasteiger partial charge on any atom is -0.474 e. The Labute approximate surface area is 229 Å². The van der Waals surface area contributed by atoms with Gasteiger partial charge in [-0.2, -0.15) is 0 Å². The Morgan fingerprint density at radius 1 is 0.895 bits per heavy atom. The van der Waals surface area contributed by atoms with Crippen molar-refractivity contribution in [2.75, 3.05) is 0 Å². The average Bonchev–Trinajstić information content (AvgIpc) is 3.64. The van der Waals surface area contributed by atoms with Gasteiger partial charge in [-0.05, 0) is 61.5 Å². The first-order chi connectivity index (χ1) is 17.9. The Balaban J connectivity index is 1.57. The molecule has 2 fully saturated rings. The van der Waals surface area contributed by atoms with Crippen molar-refractivity contribution in [1.82, 2.24) is 4.98 Å². The highest BCUT2D eigenvalue weighted by molar-refractivity contribution is 6.99. The Bertz CT molecular complexity index is 1200. The first kappa shape index (κ1) is 27.1. The third-order valence-electron chi connectivity index (χ3n) is 8.18. The lowest BCUT2D eigenvalue weighted by Crippen LogP contribution is -2.66. The zero-order chi connectivity index (χ0) is 27.2. The van der Waals surface area contributed by atoms with Crippen LogP contribution in [0.3, 0.4) is 0 Å². The lowest BCUT2D eigenvalue weighted by molar-refractivity contribution is 0.00578. The number of aromatic nitrogens is 1. The standard InChI is InChI=1S/C31H40BNO4Si/c1-29(2,3)38(25-14-10-8-11-15-25,26-16-12-9-13-17-26)34-22-23-20-28(35-24-18-19-24)33-21-27(23)32-36-30(4,5)31(6,7)37-32/h8-17,20-21,24H,18-19,22H2,1-7H3. The summed E-state index contributed by atoms with van der Waals surface area (Å²) < 4.78 is 26.3. The van der Waals surface area contributed by atoms with E-state index in [9.17, 15) is 0 Å². The molecule has 0 unspecified atom stereocenters. The molecule has 0 N–H and O–H groups in total. The number of hydrogen-bond donors (Lipinski definition) is 0. The van der Waals surface area contributed by atoms with Crippen LogP contribution < -0.4 is 20.6 Å². The van der Waals surface area contributed by atoms with Crippen LogP contribution in [-0.4, -0.2) is 37.7 Å². The second kappa shape index (κ2) is 9.94. The van der Waals surface area contributed by atoms with E-state index in [0.29, 0.717) is 12.5 Å². The van der Waals surface area contributed by atoms with Crippen molar-refractivity contribution in [1.29, 1.82) is 0 Å². The van der Waals surface area contributed by atoms with Gasteiger partial charge in [-0.1, -0.05) is 81.4 Å².